The van der Waals surface area contributed by atoms with E-state index in [1.165, 1.54) is 6.08 Å². The molecular formula is C9H10O2. The van der Waals surface area contributed by atoms with E-state index in [9.17, 15) is 4.79 Å². The average Bonchev–Trinajstić information content (AvgIpc) is 1.97. The first-order valence-corrected chi connectivity index (χ1v) is 3.06. The largest absolute Gasteiger partial charge is 0.478 e. The molecule has 0 aromatic heterocycles. The molecule has 0 aliphatic heterocycles. The summed E-state index contributed by atoms with van der Waals surface area (Å²) in [4.78, 5) is 10.0. The van der Waals surface area contributed by atoms with Gasteiger partial charge in [-0.2, -0.15) is 0 Å². The lowest BCUT2D eigenvalue weighted by Gasteiger charge is -1.84. The molecule has 1 N–H and O–H groups in total. The molecule has 0 atom stereocenters. The first kappa shape index (κ1) is 9.43. The lowest BCUT2D eigenvalue weighted by Crippen LogP contribution is -1.85. The van der Waals surface area contributed by atoms with Crippen molar-refractivity contribution in [3.63, 3.8) is 0 Å². The van der Waals surface area contributed by atoms with Crippen molar-refractivity contribution in [2.75, 3.05) is 0 Å². The number of hydrogen-bond donors (Lipinski definition) is 1. The lowest BCUT2D eigenvalue weighted by atomic mass is 10.2. The number of carboxylic acid groups (broad SMARTS) is 1. The van der Waals surface area contributed by atoms with Crippen LogP contribution in [-0.4, -0.2) is 11.1 Å². The third kappa shape index (κ3) is 6.31. The van der Waals surface area contributed by atoms with Crippen LogP contribution >= 0.6 is 0 Å². The quantitative estimate of drug-likeness (QED) is 0.491. The fourth-order valence-corrected chi connectivity index (χ4v) is 0.426. The Kier molecular flexibility index (Phi) is 4.49. The van der Waals surface area contributed by atoms with E-state index >= 15 is 0 Å². The summed E-state index contributed by atoms with van der Waals surface area (Å²) in [5.74, 6) is -0.974. The van der Waals surface area contributed by atoms with E-state index in [1.54, 1.807) is 18.2 Å². The maximum Gasteiger partial charge on any atom is 0.328 e. The Hall–Kier alpha value is -1.57. The van der Waals surface area contributed by atoms with Crippen LogP contribution in [0.25, 0.3) is 0 Å². The Morgan fingerprint density at radius 1 is 1.27 bits per heavy atom. The topological polar surface area (TPSA) is 37.3 Å². The standard InChI is InChI=1S/C9H10O2/c1-3-4-5-8(2)6-7-9(10)11/h3-7H,1-2H2,(H,10,11)/b5-4-,7-6+. The Bertz CT molecular complexity index is 222. The molecule has 0 saturated heterocycles. The highest BCUT2D eigenvalue weighted by atomic mass is 16.4. The van der Waals surface area contributed by atoms with Crippen molar-refractivity contribution in [2.45, 2.75) is 0 Å². The van der Waals surface area contributed by atoms with Crippen LogP contribution in [0.5, 0.6) is 0 Å². The highest BCUT2D eigenvalue weighted by Gasteiger charge is 1.84. The molecule has 0 spiro atoms. The van der Waals surface area contributed by atoms with E-state index in [2.05, 4.69) is 13.2 Å². The first-order chi connectivity index (χ1) is 5.16. The zero-order valence-electron chi connectivity index (χ0n) is 6.16. The van der Waals surface area contributed by atoms with Gasteiger partial charge in [0.25, 0.3) is 0 Å². The summed E-state index contributed by atoms with van der Waals surface area (Å²) in [6.07, 6.45) is 7.42. The van der Waals surface area contributed by atoms with Gasteiger partial charge in [-0.1, -0.05) is 31.4 Å². The number of carbonyl (C=O) groups is 1. The summed E-state index contributed by atoms with van der Waals surface area (Å²) >= 11 is 0. The predicted molar refractivity (Wildman–Crippen MR) is 45.3 cm³/mol. The SMILES string of the molecule is C=C/C=C\C(=C)/C=C/C(=O)O. The minimum Gasteiger partial charge on any atom is -0.478 e. The molecule has 0 aliphatic carbocycles. The number of rotatable bonds is 4. The molecule has 0 radical (unpaired) electrons. The van der Waals surface area contributed by atoms with E-state index in [4.69, 9.17) is 5.11 Å². The van der Waals surface area contributed by atoms with E-state index < -0.39 is 5.97 Å². The van der Waals surface area contributed by atoms with Crippen molar-refractivity contribution < 1.29 is 9.90 Å². The molecule has 0 saturated carbocycles. The summed E-state index contributed by atoms with van der Waals surface area (Å²) in [5.41, 5.74) is 0.632. The summed E-state index contributed by atoms with van der Waals surface area (Å²) in [5, 5.41) is 8.22. The van der Waals surface area contributed by atoms with Gasteiger partial charge in [0.05, 0.1) is 0 Å². The summed E-state index contributed by atoms with van der Waals surface area (Å²) in [6.45, 7) is 7.04. The minimum absolute atomic E-state index is 0.632. The molecule has 0 bridgehead atoms. The highest BCUT2D eigenvalue weighted by Crippen LogP contribution is 1.94. The zero-order chi connectivity index (χ0) is 8.69. The lowest BCUT2D eigenvalue weighted by molar-refractivity contribution is -0.131. The van der Waals surface area contributed by atoms with E-state index in [1.807, 2.05) is 0 Å². The van der Waals surface area contributed by atoms with Crippen molar-refractivity contribution >= 4 is 5.97 Å². The Morgan fingerprint density at radius 3 is 2.36 bits per heavy atom. The van der Waals surface area contributed by atoms with Gasteiger partial charge in [-0.05, 0) is 11.6 Å². The smallest absolute Gasteiger partial charge is 0.328 e. The van der Waals surface area contributed by atoms with E-state index in [0.717, 1.165) is 6.08 Å². The van der Waals surface area contributed by atoms with Crippen LogP contribution in [0.15, 0.2) is 49.1 Å². The van der Waals surface area contributed by atoms with Crippen LogP contribution in [0.3, 0.4) is 0 Å². The molecule has 0 amide bonds. The van der Waals surface area contributed by atoms with Crippen LogP contribution in [0.4, 0.5) is 0 Å². The maximum atomic E-state index is 10.0. The third-order valence-electron chi connectivity index (χ3n) is 0.886. The van der Waals surface area contributed by atoms with Crippen LogP contribution in [0.1, 0.15) is 0 Å². The Balaban J connectivity index is 3.97. The van der Waals surface area contributed by atoms with Gasteiger partial charge >= 0.3 is 5.97 Å². The van der Waals surface area contributed by atoms with Crippen molar-refractivity contribution in [1.82, 2.24) is 0 Å². The minimum atomic E-state index is -0.974. The monoisotopic (exact) mass is 150 g/mol. The van der Waals surface area contributed by atoms with Crippen LogP contribution < -0.4 is 0 Å². The van der Waals surface area contributed by atoms with Crippen molar-refractivity contribution in [2.24, 2.45) is 0 Å². The van der Waals surface area contributed by atoms with Crippen LogP contribution in [0, 0.1) is 0 Å². The van der Waals surface area contributed by atoms with E-state index in [0.29, 0.717) is 5.57 Å². The normalized spacial score (nSPS) is 10.5. The highest BCUT2D eigenvalue weighted by molar-refractivity contribution is 5.80. The molecule has 0 aromatic carbocycles. The summed E-state index contributed by atoms with van der Waals surface area (Å²) < 4.78 is 0. The van der Waals surface area contributed by atoms with Gasteiger partial charge in [0, 0.05) is 6.08 Å². The average molecular weight is 150 g/mol. The number of aliphatic carboxylic acids is 1. The number of hydrogen-bond acceptors (Lipinski definition) is 1. The molecule has 0 rings (SSSR count). The van der Waals surface area contributed by atoms with Gasteiger partial charge in [-0.3, -0.25) is 0 Å². The fourth-order valence-electron chi connectivity index (χ4n) is 0.426. The number of carboxylic acids is 1. The molecule has 0 aliphatic rings. The van der Waals surface area contributed by atoms with Crippen molar-refractivity contribution in [3.8, 4) is 0 Å². The fraction of sp³-hybridized carbons (Fsp3) is 0. The molecule has 0 aromatic rings. The second-order valence-corrected chi connectivity index (χ2v) is 1.84. The zero-order valence-corrected chi connectivity index (χ0v) is 6.16. The van der Waals surface area contributed by atoms with Crippen LogP contribution in [-0.2, 0) is 4.79 Å². The Morgan fingerprint density at radius 2 is 1.91 bits per heavy atom. The van der Waals surface area contributed by atoms with Gasteiger partial charge in [0.15, 0.2) is 0 Å². The first-order valence-electron chi connectivity index (χ1n) is 3.06. The molecule has 11 heavy (non-hydrogen) atoms. The van der Waals surface area contributed by atoms with Gasteiger partial charge in [0.2, 0.25) is 0 Å². The predicted octanol–water partition coefficient (Wildman–Crippen LogP) is 1.93. The number of allylic oxidation sites excluding steroid dienone is 5. The van der Waals surface area contributed by atoms with Crippen molar-refractivity contribution in [3.05, 3.63) is 49.1 Å². The van der Waals surface area contributed by atoms with Gasteiger partial charge in [-0.15, -0.1) is 0 Å². The molecule has 0 unspecified atom stereocenters. The summed E-state index contributed by atoms with van der Waals surface area (Å²) in [6, 6.07) is 0. The molecule has 0 heterocycles. The third-order valence-corrected chi connectivity index (χ3v) is 0.886. The second kappa shape index (κ2) is 5.23. The van der Waals surface area contributed by atoms with Gasteiger partial charge < -0.3 is 5.11 Å². The van der Waals surface area contributed by atoms with Gasteiger partial charge in [-0.25, -0.2) is 4.79 Å². The second-order valence-electron chi connectivity index (χ2n) is 1.84. The summed E-state index contributed by atoms with van der Waals surface area (Å²) in [7, 11) is 0. The maximum absolute atomic E-state index is 10.0. The van der Waals surface area contributed by atoms with Gasteiger partial charge in [0.1, 0.15) is 0 Å². The molecule has 2 heteroatoms. The van der Waals surface area contributed by atoms with E-state index in [-0.39, 0.29) is 0 Å². The molecule has 0 fully saturated rings. The Labute approximate surface area is 65.9 Å². The van der Waals surface area contributed by atoms with Crippen LogP contribution in [0.2, 0.25) is 0 Å². The van der Waals surface area contributed by atoms with Crippen molar-refractivity contribution in [1.29, 1.82) is 0 Å². The molecule has 2 nitrogen and oxygen atoms in total. The molecular weight excluding hydrogens is 140 g/mol. The molecule has 58 valence electrons.